The van der Waals surface area contributed by atoms with Gasteiger partial charge in [0.15, 0.2) is 0 Å². The van der Waals surface area contributed by atoms with Gasteiger partial charge in [0.1, 0.15) is 19.3 Å². The molecule has 0 heterocycles. The minimum absolute atomic E-state index is 0.0413. The molecule has 0 aliphatic rings. The number of nitrogens with one attached hydrogen (secondary N) is 1. The van der Waals surface area contributed by atoms with Crippen molar-refractivity contribution in [3.05, 3.63) is 60.8 Å². The van der Waals surface area contributed by atoms with Gasteiger partial charge >= 0.3 is 13.8 Å². The number of nitrogens with zero attached hydrogens (tertiary/aromatic N) is 1. The fraction of sp³-hybridized carbons (Fsp3) is 0.852. The Balaban J connectivity index is 4.86. The van der Waals surface area contributed by atoms with Gasteiger partial charge in [0.05, 0.1) is 33.8 Å². The fourth-order valence-corrected chi connectivity index (χ4v) is 12.6. The van der Waals surface area contributed by atoms with Gasteiger partial charge in [-0.05, 0) is 96.0 Å². The molecule has 0 radical (unpaired) electrons. The van der Waals surface area contributed by atoms with Crippen molar-refractivity contribution >= 4 is 19.7 Å². The highest BCUT2D eigenvalue weighted by Crippen LogP contribution is 2.43. The van der Waals surface area contributed by atoms with Gasteiger partial charge in [-0.2, -0.15) is 0 Å². The molecule has 0 fully saturated rings. The fourth-order valence-electron chi connectivity index (χ4n) is 11.8. The number of allylic oxidation sites excluding steroid dienone is 9. The molecule has 91 heavy (non-hydrogen) atoms. The van der Waals surface area contributed by atoms with Gasteiger partial charge in [-0.1, -0.05) is 345 Å². The highest BCUT2D eigenvalue weighted by Gasteiger charge is 2.30. The number of ether oxygens (including phenoxy) is 1. The third-order valence-electron chi connectivity index (χ3n) is 17.9. The normalized spacial score (nSPS) is 13.7. The highest BCUT2D eigenvalue weighted by molar-refractivity contribution is 7.47. The summed E-state index contributed by atoms with van der Waals surface area (Å²) in [5.74, 6) is -0.488. The predicted molar refractivity (Wildman–Crippen MR) is 397 cm³/mol. The van der Waals surface area contributed by atoms with Crippen molar-refractivity contribution in [3.63, 3.8) is 0 Å². The van der Waals surface area contributed by atoms with E-state index < -0.39 is 20.0 Å². The number of rotatable bonds is 73. The first-order valence-corrected chi connectivity index (χ1v) is 41.1. The van der Waals surface area contributed by atoms with Crippen molar-refractivity contribution in [2.45, 2.75) is 405 Å². The van der Waals surface area contributed by atoms with Gasteiger partial charge in [-0.25, -0.2) is 4.57 Å². The number of phosphoric ester groups is 1. The van der Waals surface area contributed by atoms with Gasteiger partial charge in [0.25, 0.3) is 0 Å². The summed E-state index contributed by atoms with van der Waals surface area (Å²) >= 11 is 0. The molecule has 0 aromatic rings. The van der Waals surface area contributed by atoms with Crippen LogP contribution in [-0.4, -0.2) is 74.3 Å². The van der Waals surface area contributed by atoms with Crippen LogP contribution in [0.3, 0.4) is 0 Å². The first-order valence-electron chi connectivity index (χ1n) is 39.6. The number of hydrogen-bond donors (Lipinski definition) is 2. The maximum absolute atomic E-state index is 13.7. The Morgan fingerprint density at radius 1 is 0.385 bits per heavy atom. The third kappa shape index (κ3) is 71.8. The molecule has 0 aromatic carbocycles. The molecule has 10 heteroatoms. The predicted octanol–water partition coefficient (Wildman–Crippen LogP) is 25.7. The second-order valence-corrected chi connectivity index (χ2v) is 29.7. The summed E-state index contributed by atoms with van der Waals surface area (Å²) in [6.07, 6.45) is 92.6. The SMILES string of the molecule is CCCCC/C=C\C/C=C\C/C=C\CCCCCCCCCCCCCCCCC(=O)NC(COP(=O)(O)OCC[N+](C)(C)C)C(/C=C/CCCCCCCCCCC)OC(=O)CCCCCCCCCCCCCCCCCCC/C=C/CCCCCCCC. The van der Waals surface area contributed by atoms with E-state index in [1.54, 1.807) is 0 Å². The number of amides is 1. The van der Waals surface area contributed by atoms with E-state index in [4.69, 9.17) is 13.8 Å². The molecule has 0 spiro atoms. The first-order chi connectivity index (χ1) is 44.4. The Hall–Kier alpha value is -2.29. The zero-order valence-electron chi connectivity index (χ0n) is 61.4. The van der Waals surface area contributed by atoms with Crippen LogP contribution < -0.4 is 5.32 Å². The van der Waals surface area contributed by atoms with Crippen LogP contribution in [0, 0.1) is 0 Å². The van der Waals surface area contributed by atoms with Crippen LogP contribution in [0.1, 0.15) is 393 Å². The molecule has 1 amide bonds. The monoisotopic (exact) mass is 1300 g/mol. The number of likely N-dealkylation sites (N-methyl/N-ethyl adjacent to an activating group) is 1. The van der Waals surface area contributed by atoms with E-state index in [1.165, 1.54) is 289 Å². The van der Waals surface area contributed by atoms with E-state index in [9.17, 15) is 19.0 Å². The molecule has 3 unspecified atom stereocenters. The third-order valence-corrected chi connectivity index (χ3v) is 18.9. The summed E-state index contributed by atoms with van der Waals surface area (Å²) < 4.78 is 30.9. The Morgan fingerprint density at radius 2 is 0.670 bits per heavy atom. The molecule has 0 saturated carbocycles. The molecule has 0 aliphatic heterocycles. The average molecular weight is 1300 g/mol. The smallest absolute Gasteiger partial charge is 0.456 e. The summed E-state index contributed by atoms with van der Waals surface area (Å²) in [6.45, 7) is 7.04. The second kappa shape index (κ2) is 70.5. The minimum atomic E-state index is -4.46. The van der Waals surface area contributed by atoms with Gasteiger partial charge in [0.2, 0.25) is 5.91 Å². The summed E-state index contributed by atoms with van der Waals surface area (Å²) in [5, 5.41) is 3.08. The Kier molecular flexibility index (Phi) is 68.7. The van der Waals surface area contributed by atoms with Crippen LogP contribution in [-0.2, 0) is 27.9 Å². The number of carbonyl (C=O) groups excluding carboxylic acids is 2. The van der Waals surface area contributed by atoms with Gasteiger partial charge < -0.3 is 19.4 Å². The zero-order chi connectivity index (χ0) is 66.3. The van der Waals surface area contributed by atoms with Crippen molar-refractivity contribution in [3.8, 4) is 0 Å². The molecule has 0 aromatic heterocycles. The highest BCUT2D eigenvalue weighted by atomic mass is 31.2. The Bertz CT molecular complexity index is 1740. The number of hydrogen-bond acceptors (Lipinski definition) is 6. The molecule has 0 saturated heterocycles. The van der Waals surface area contributed by atoms with E-state index in [-0.39, 0.29) is 25.1 Å². The Labute approximate surface area is 566 Å². The zero-order valence-corrected chi connectivity index (χ0v) is 62.2. The quantitative estimate of drug-likeness (QED) is 0.0205. The van der Waals surface area contributed by atoms with Gasteiger partial charge in [-0.15, -0.1) is 0 Å². The van der Waals surface area contributed by atoms with E-state index in [0.717, 1.165) is 70.6 Å². The molecule has 3 atom stereocenters. The van der Waals surface area contributed by atoms with Crippen LogP contribution in [0.2, 0.25) is 0 Å². The molecule has 0 rings (SSSR count). The lowest BCUT2D eigenvalue weighted by Crippen LogP contribution is -2.47. The molecular formula is C81H154N2O7P+. The molecule has 534 valence electrons. The van der Waals surface area contributed by atoms with E-state index >= 15 is 0 Å². The summed E-state index contributed by atoms with van der Waals surface area (Å²) in [4.78, 5) is 38.0. The van der Waals surface area contributed by atoms with Crippen LogP contribution in [0.4, 0.5) is 0 Å². The molecular weight excluding hydrogens is 1140 g/mol. The van der Waals surface area contributed by atoms with Crippen LogP contribution >= 0.6 is 7.82 Å². The van der Waals surface area contributed by atoms with Crippen LogP contribution in [0.25, 0.3) is 0 Å². The maximum atomic E-state index is 13.7. The minimum Gasteiger partial charge on any atom is -0.456 e. The lowest BCUT2D eigenvalue weighted by Gasteiger charge is -2.27. The lowest BCUT2D eigenvalue weighted by atomic mass is 10.0. The second-order valence-electron chi connectivity index (χ2n) is 28.2. The van der Waals surface area contributed by atoms with Crippen LogP contribution in [0.15, 0.2) is 60.8 Å². The standard InChI is InChI=1S/C81H153N2O7P/c1-7-10-13-16-19-22-25-27-29-31-33-35-37-39-41-43-45-47-49-51-53-55-58-61-64-67-70-73-80(84)82-78(77-89-91(86,87)88-76-75-83(4,5)6)79(72-69-66-63-60-57-24-21-18-15-12-9-3)90-81(85)74-71-68-65-62-59-56-54-52-50-48-46-44-42-40-38-36-34-32-30-28-26-23-20-17-14-11-8-2/h19,22,27-30,33,35,69,72,78-79H,7-18,20-21,23-26,31-32,34,36-68,70-71,73-77H2,1-6H3,(H-,82,84,86,87)/p+1/b22-19-,29-27-,30-28+,35-33-,72-69+. The first kappa shape index (κ1) is 88.7. The molecule has 0 bridgehead atoms. The van der Waals surface area contributed by atoms with E-state index in [1.807, 2.05) is 33.3 Å². The van der Waals surface area contributed by atoms with Crippen molar-refractivity contribution < 1.29 is 37.3 Å². The largest absolute Gasteiger partial charge is 0.472 e. The number of phosphoric acid groups is 1. The molecule has 9 nitrogen and oxygen atoms in total. The topological polar surface area (TPSA) is 111 Å². The number of esters is 1. The maximum Gasteiger partial charge on any atom is 0.472 e. The van der Waals surface area contributed by atoms with Crippen molar-refractivity contribution in [1.29, 1.82) is 0 Å². The van der Waals surface area contributed by atoms with Gasteiger partial charge in [0, 0.05) is 12.8 Å². The number of carbonyl (C=O) groups is 2. The van der Waals surface area contributed by atoms with Crippen molar-refractivity contribution in [2.24, 2.45) is 0 Å². The number of unbranched alkanes of at least 4 members (excludes halogenated alkanes) is 49. The van der Waals surface area contributed by atoms with E-state index in [2.05, 4.69) is 74.7 Å². The Morgan fingerprint density at radius 3 is 1.03 bits per heavy atom. The van der Waals surface area contributed by atoms with Crippen molar-refractivity contribution in [2.75, 3.05) is 40.9 Å². The summed E-state index contributed by atoms with van der Waals surface area (Å²) in [5.41, 5.74) is 0. The lowest BCUT2D eigenvalue weighted by molar-refractivity contribution is -0.870. The average Bonchev–Trinajstić information content (AvgIpc) is 3.08. The van der Waals surface area contributed by atoms with Gasteiger partial charge in [-0.3, -0.25) is 18.6 Å². The summed E-state index contributed by atoms with van der Waals surface area (Å²) in [7, 11) is 1.51. The van der Waals surface area contributed by atoms with Crippen LogP contribution in [0.5, 0.6) is 0 Å². The summed E-state index contributed by atoms with van der Waals surface area (Å²) in [6, 6.07) is -0.849. The molecule has 2 N–H and O–H groups in total. The van der Waals surface area contributed by atoms with Crippen molar-refractivity contribution in [1.82, 2.24) is 5.32 Å². The molecule has 0 aliphatic carbocycles. The number of quaternary nitrogens is 1. The van der Waals surface area contributed by atoms with E-state index in [0.29, 0.717) is 23.9 Å².